The maximum absolute atomic E-state index is 12.3. The summed E-state index contributed by atoms with van der Waals surface area (Å²) in [4.78, 5) is 12.3. The first kappa shape index (κ1) is 14.4. The molecule has 0 bridgehead atoms. The van der Waals surface area contributed by atoms with Gasteiger partial charge in [-0.15, -0.1) is 0 Å². The number of hydrogen-bond acceptors (Lipinski definition) is 3. The van der Waals surface area contributed by atoms with Crippen molar-refractivity contribution in [2.45, 2.75) is 6.42 Å². The molecule has 20 heavy (non-hydrogen) atoms. The van der Waals surface area contributed by atoms with Crippen LogP contribution < -0.4 is 9.47 Å². The lowest BCUT2D eigenvalue weighted by molar-refractivity contribution is 0.0992. The van der Waals surface area contributed by atoms with Gasteiger partial charge in [-0.2, -0.15) is 0 Å². The van der Waals surface area contributed by atoms with Crippen LogP contribution in [0.1, 0.15) is 15.9 Å². The number of methoxy groups -OCH3 is 2. The molecule has 0 aromatic heterocycles. The second kappa shape index (κ2) is 6.44. The number of benzene rings is 2. The highest BCUT2D eigenvalue weighted by Gasteiger charge is 2.10. The van der Waals surface area contributed by atoms with E-state index >= 15 is 0 Å². The first-order valence-corrected chi connectivity index (χ1v) is 6.51. The van der Waals surface area contributed by atoms with Crippen LogP contribution in [0.25, 0.3) is 0 Å². The van der Waals surface area contributed by atoms with Crippen molar-refractivity contribution in [1.29, 1.82) is 0 Å². The van der Waals surface area contributed by atoms with Crippen LogP contribution >= 0.6 is 11.6 Å². The van der Waals surface area contributed by atoms with Crippen LogP contribution in [0.5, 0.6) is 11.5 Å². The molecule has 0 spiro atoms. The predicted molar refractivity (Wildman–Crippen MR) is 79.0 cm³/mol. The lowest BCUT2D eigenvalue weighted by Gasteiger charge is -2.08. The van der Waals surface area contributed by atoms with Gasteiger partial charge in [0.15, 0.2) is 5.78 Å². The Morgan fingerprint density at radius 2 is 1.55 bits per heavy atom. The lowest BCUT2D eigenvalue weighted by atomic mass is 10.0. The van der Waals surface area contributed by atoms with Crippen molar-refractivity contribution in [2.75, 3.05) is 14.2 Å². The third kappa shape index (κ3) is 3.52. The van der Waals surface area contributed by atoms with Crippen molar-refractivity contribution >= 4 is 17.4 Å². The predicted octanol–water partition coefficient (Wildman–Crippen LogP) is 3.78. The molecule has 2 aromatic carbocycles. The fourth-order valence-electron chi connectivity index (χ4n) is 1.86. The molecule has 0 unspecified atom stereocenters. The number of halogens is 1. The number of carbonyl (C=O) groups is 1. The topological polar surface area (TPSA) is 35.5 Å². The Kier molecular flexibility index (Phi) is 4.64. The number of hydrogen-bond donors (Lipinski definition) is 0. The number of ether oxygens (including phenoxy) is 2. The lowest BCUT2D eigenvalue weighted by Crippen LogP contribution is -2.04. The van der Waals surface area contributed by atoms with Crippen LogP contribution in [0.2, 0.25) is 5.02 Å². The van der Waals surface area contributed by atoms with Crippen molar-refractivity contribution in [1.82, 2.24) is 0 Å². The summed E-state index contributed by atoms with van der Waals surface area (Å²) in [7, 11) is 3.12. The number of Topliss-reactive ketones (excluding diaryl/α,β-unsaturated/α-hetero) is 1. The molecular formula is C16H15ClO3. The minimum Gasteiger partial charge on any atom is -0.497 e. The van der Waals surface area contributed by atoms with E-state index in [0.29, 0.717) is 28.5 Å². The second-order valence-electron chi connectivity index (χ2n) is 4.33. The summed E-state index contributed by atoms with van der Waals surface area (Å²) < 4.78 is 10.3. The molecule has 2 aromatic rings. The highest BCUT2D eigenvalue weighted by atomic mass is 35.5. The number of carbonyl (C=O) groups excluding carboxylic acids is 1. The Balaban J connectivity index is 2.22. The van der Waals surface area contributed by atoms with Crippen molar-refractivity contribution in [3.8, 4) is 11.5 Å². The molecule has 4 heteroatoms. The Morgan fingerprint density at radius 3 is 2.05 bits per heavy atom. The zero-order valence-electron chi connectivity index (χ0n) is 11.4. The molecular weight excluding hydrogens is 276 g/mol. The molecule has 0 saturated carbocycles. The van der Waals surface area contributed by atoms with E-state index in [1.54, 1.807) is 44.6 Å². The van der Waals surface area contributed by atoms with E-state index in [9.17, 15) is 4.79 Å². The van der Waals surface area contributed by atoms with Gasteiger partial charge in [0.05, 0.1) is 14.2 Å². The van der Waals surface area contributed by atoms with Gasteiger partial charge < -0.3 is 9.47 Å². The zero-order valence-corrected chi connectivity index (χ0v) is 12.1. The van der Waals surface area contributed by atoms with Crippen LogP contribution in [0, 0.1) is 0 Å². The van der Waals surface area contributed by atoms with Crippen LogP contribution in [0.15, 0.2) is 42.5 Å². The van der Waals surface area contributed by atoms with Gasteiger partial charge in [-0.25, -0.2) is 0 Å². The molecule has 0 atom stereocenters. The summed E-state index contributed by atoms with van der Waals surface area (Å²) in [6.07, 6.45) is 0.313. The summed E-state index contributed by atoms with van der Waals surface area (Å²) in [5.74, 6) is 1.21. The minimum absolute atomic E-state index is 0.00419. The van der Waals surface area contributed by atoms with Gasteiger partial charge in [0.25, 0.3) is 0 Å². The third-order valence-electron chi connectivity index (χ3n) is 2.95. The first-order valence-electron chi connectivity index (χ1n) is 6.13. The fraction of sp³-hybridized carbons (Fsp3) is 0.188. The molecule has 0 amide bonds. The van der Waals surface area contributed by atoms with E-state index in [1.807, 2.05) is 12.1 Å². The van der Waals surface area contributed by atoms with Gasteiger partial charge in [0.2, 0.25) is 0 Å². The van der Waals surface area contributed by atoms with Gasteiger partial charge in [0.1, 0.15) is 11.5 Å². The quantitative estimate of drug-likeness (QED) is 0.786. The Hall–Kier alpha value is -2.00. The average Bonchev–Trinajstić information content (AvgIpc) is 2.48. The Bertz CT molecular complexity index is 583. The SMILES string of the molecule is COc1cc(OC)cc(C(=O)Cc2ccc(Cl)cc2)c1. The van der Waals surface area contributed by atoms with Gasteiger partial charge in [0, 0.05) is 23.1 Å². The molecule has 104 valence electrons. The van der Waals surface area contributed by atoms with Crippen molar-refractivity contribution < 1.29 is 14.3 Å². The summed E-state index contributed by atoms with van der Waals surface area (Å²) in [5.41, 5.74) is 1.48. The molecule has 0 saturated heterocycles. The van der Waals surface area contributed by atoms with E-state index in [0.717, 1.165) is 5.56 Å². The number of rotatable bonds is 5. The molecule has 0 aliphatic rings. The molecule has 0 aliphatic heterocycles. The molecule has 2 rings (SSSR count). The molecule has 0 heterocycles. The Labute approximate surface area is 123 Å². The van der Waals surface area contributed by atoms with Crippen molar-refractivity contribution in [2.24, 2.45) is 0 Å². The van der Waals surface area contributed by atoms with Crippen molar-refractivity contribution in [3.05, 3.63) is 58.6 Å². The van der Waals surface area contributed by atoms with E-state index in [1.165, 1.54) is 0 Å². The van der Waals surface area contributed by atoms with Crippen LogP contribution in [0.4, 0.5) is 0 Å². The highest BCUT2D eigenvalue weighted by Crippen LogP contribution is 2.23. The summed E-state index contributed by atoms with van der Waals surface area (Å²) >= 11 is 5.83. The van der Waals surface area contributed by atoms with Gasteiger partial charge in [-0.3, -0.25) is 4.79 Å². The molecule has 0 fully saturated rings. The Morgan fingerprint density at radius 1 is 1.00 bits per heavy atom. The van der Waals surface area contributed by atoms with E-state index < -0.39 is 0 Å². The second-order valence-corrected chi connectivity index (χ2v) is 4.76. The first-order chi connectivity index (χ1) is 9.62. The van der Waals surface area contributed by atoms with Gasteiger partial charge in [-0.05, 0) is 29.8 Å². The molecule has 0 aliphatic carbocycles. The van der Waals surface area contributed by atoms with Crippen LogP contribution in [0.3, 0.4) is 0 Å². The standard InChI is InChI=1S/C16H15ClO3/c1-19-14-8-12(9-15(10-14)20-2)16(18)7-11-3-5-13(17)6-4-11/h3-6,8-10H,7H2,1-2H3. The zero-order chi connectivity index (χ0) is 14.5. The molecule has 3 nitrogen and oxygen atoms in total. The van der Waals surface area contributed by atoms with Crippen LogP contribution in [-0.2, 0) is 6.42 Å². The highest BCUT2D eigenvalue weighted by molar-refractivity contribution is 6.30. The summed E-state index contributed by atoms with van der Waals surface area (Å²) in [6, 6.07) is 12.4. The number of ketones is 1. The average molecular weight is 291 g/mol. The van der Waals surface area contributed by atoms with Crippen molar-refractivity contribution in [3.63, 3.8) is 0 Å². The third-order valence-corrected chi connectivity index (χ3v) is 3.20. The van der Waals surface area contributed by atoms with E-state index in [2.05, 4.69) is 0 Å². The van der Waals surface area contributed by atoms with Gasteiger partial charge in [-0.1, -0.05) is 23.7 Å². The van der Waals surface area contributed by atoms with Crippen LogP contribution in [-0.4, -0.2) is 20.0 Å². The smallest absolute Gasteiger partial charge is 0.167 e. The monoisotopic (exact) mass is 290 g/mol. The maximum atomic E-state index is 12.3. The summed E-state index contributed by atoms with van der Waals surface area (Å²) in [5, 5.41) is 0.657. The summed E-state index contributed by atoms with van der Waals surface area (Å²) in [6.45, 7) is 0. The maximum Gasteiger partial charge on any atom is 0.167 e. The van der Waals surface area contributed by atoms with E-state index in [-0.39, 0.29) is 5.78 Å². The largest absolute Gasteiger partial charge is 0.497 e. The van der Waals surface area contributed by atoms with Gasteiger partial charge >= 0.3 is 0 Å². The normalized spacial score (nSPS) is 10.2. The van der Waals surface area contributed by atoms with E-state index in [4.69, 9.17) is 21.1 Å². The minimum atomic E-state index is 0.00419. The molecule has 0 N–H and O–H groups in total. The molecule has 0 radical (unpaired) electrons. The fourth-order valence-corrected chi connectivity index (χ4v) is 1.98.